The van der Waals surface area contributed by atoms with E-state index in [1.54, 1.807) is 42.2 Å². The van der Waals surface area contributed by atoms with Crippen molar-refractivity contribution in [3.05, 3.63) is 65.7 Å². The third-order valence-corrected chi connectivity index (χ3v) is 7.80. The molecule has 4 amide bonds. The molecule has 2 aliphatic heterocycles. The van der Waals surface area contributed by atoms with Crippen molar-refractivity contribution in [2.45, 2.75) is 52.0 Å². The molecule has 0 aliphatic carbocycles. The molecule has 1 unspecified atom stereocenters. The Morgan fingerprint density at radius 3 is 2.33 bits per heavy atom. The predicted octanol–water partition coefficient (Wildman–Crippen LogP) is 4.05. The van der Waals surface area contributed by atoms with Gasteiger partial charge in [0, 0.05) is 25.3 Å². The lowest BCUT2D eigenvalue weighted by molar-refractivity contribution is -0.166. The summed E-state index contributed by atoms with van der Waals surface area (Å²) >= 11 is 0. The summed E-state index contributed by atoms with van der Waals surface area (Å²) in [5.74, 6) is -2.53. The van der Waals surface area contributed by atoms with Gasteiger partial charge < -0.3 is 25.0 Å². The van der Waals surface area contributed by atoms with E-state index in [2.05, 4.69) is 13.8 Å². The molecule has 0 radical (unpaired) electrons. The van der Waals surface area contributed by atoms with Gasteiger partial charge in [-0.05, 0) is 61.8 Å². The number of carbonyl (C=O) groups is 5. The van der Waals surface area contributed by atoms with Gasteiger partial charge in [0.1, 0.15) is 6.54 Å². The quantitative estimate of drug-likeness (QED) is 0.386. The normalized spacial score (nSPS) is 19.6. The summed E-state index contributed by atoms with van der Waals surface area (Å²) in [6.45, 7) is 6.82. The fourth-order valence-electron chi connectivity index (χ4n) is 5.84. The number of esters is 3. The molecule has 2 N–H and O–H groups in total. The van der Waals surface area contributed by atoms with Gasteiger partial charge >= 0.3 is 30.0 Å². The number of hydrogen-bond acceptors (Lipinski definition) is 7. The van der Waals surface area contributed by atoms with Gasteiger partial charge in [0.2, 0.25) is 0 Å². The first-order valence-corrected chi connectivity index (χ1v) is 14.2. The average molecular weight is 579 g/mol. The molecule has 2 aliphatic rings. The third-order valence-electron chi connectivity index (χ3n) is 7.80. The Bertz CT molecular complexity index is 1350. The summed E-state index contributed by atoms with van der Waals surface area (Å²) in [5, 5.41) is 0. The van der Waals surface area contributed by atoms with E-state index in [4.69, 9.17) is 15.2 Å². The molecular weight excluding hydrogens is 540 g/mol. The Labute approximate surface area is 245 Å². The van der Waals surface area contributed by atoms with E-state index >= 15 is 0 Å². The molecular formula is C31H38N4O7. The van der Waals surface area contributed by atoms with Crippen molar-refractivity contribution < 1.29 is 33.4 Å². The monoisotopic (exact) mass is 578 g/mol. The molecule has 0 spiro atoms. The minimum absolute atomic E-state index is 0.0533. The first kappa shape index (κ1) is 30.5. The van der Waals surface area contributed by atoms with Gasteiger partial charge in [0.25, 0.3) is 0 Å². The van der Waals surface area contributed by atoms with Gasteiger partial charge in [-0.2, -0.15) is 0 Å². The number of hydrogen-bond donors (Lipinski definition) is 1. The number of ether oxygens (including phenoxy) is 2. The largest absolute Gasteiger partial charge is 0.462 e. The lowest BCUT2D eigenvalue weighted by Gasteiger charge is -2.43. The van der Waals surface area contributed by atoms with Crippen LogP contribution in [0.25, 0.3) is 0 Å². The molecule has 11 nitrogen and oxygen atoms in total. The maximum Gasteiger partial charge on any atom is 0.344 e. The van der Waals surface area contributed by atoms with E-state index in [1.165, 1.54) is 29.2 Å². The zero-order valence-electron chi connectivity index (χ0n) is 24.3. The molecule has 2 aromatic rings. The van der Waals surface area contributed by atoms with Crippen LogP contribution < -0.4 is 10.6 Å². The van der Waals surface area contributed by atoms with Crippen molar-refractivity contribution in [2.24, 2.45) is 11.1 Å². The highest BCUT2D eigenvalue weighted by Crippen LogP contribution is 2.42. The molecule has 1 atom stereocenters. The third kappa shape index (κ3) is 6.40. The molecule has 4 rings (SSSR count). The molecule has 11 heteroatoms. The van der Waals surface area contributed by atoms with Crippen LogP contribution >= 0.6 is 0 Å². The number of rotatable bonds is 7. The van der Waals surface area contributed by atoms with Crippen LogP contribution in [0.15, 0.2) is 54.6 Å². The number of amides is 4. The number of anilines is 1. The second-order valence-corrected chi connectivity index (χ2v) is 11.4. The van der Waals surface area contributed by atoms with E-state index < -0.39 is 36.0 Å². The van der Waals surface area contributed by atoms with Gasteiger partial charge in [-0.25, -0.2) is 24.0 Å². The minimum Gasteiger partial charge on any atom is -0.462 e. The molecule has 2 aromatic carbocycles. The van der Waals surface area contributed by atoms with Crippen LogP contribution in [-0.4, -0.2) is 72.6 Å². The topological polar surface area (TPSA) is 140 Å². The molecule has 2 fully saturated rings. The number of nitrogens with two attached hydrogens (primary N) is 1. The van der Waals surface area contributed by atoms with E-state index in [0.29, 0.717) is 31.6 Å². The van der Waals surface area contributed by atoms with Gasteiger partial charge in [-0.3, -0.25) is 4.90 Å². The second-order valence-electron chi connectivity index (χ2n) is 11.4. The van der Waals surface area contributed by atoms with Crippen molar-refractivity contribution >= 4 is 35.7 Å². The molecule has 2 heterocycles. The highest BCUT2D eigenvalue weighted by Gasteiger charge is 2.54. The van der Waals surface area contributed by atoms with Crippen molar-refractivity contribution in [3.8, 4) is 0 Å². The number of urea groups is 2. The summed E-state index contributed by atoms with van der Waals surface area (Å²) in [6, 6.07) is 13.4. The number of nitrogens with zero attached hydrogens (tertiary/aromatic N) is 3. The smallest absolute Gasteiger partial charge is 0.344 e. The first-order chi connectivity index (χ1) is 20.0. The Morgan fingerprint density at radius 2 is 1.67 bits per heavy atom. The molecule has 0 saturated carbocycles. The molecule has 42 heavy (non-hydrogen) atoms. The number of primary amides is 1. The summed E-state index contributed by atoms with van der Waals surface area (Å²) in [4.78, 5) is 69.7. The summed E-state index contributed by atoms with van der Waals surface area (Å²) in [7, 11) is 0. The van der Waals surface area contributed by atoms with Crippen LogP contribution in [0, 0.1) is 5.41 Å². The second kappa shape index (κ2) is 12.6. The first-order valence-electron chi connectivity index (χ1n) is 14.2. The fourth-order valence-corrected chi connectivity index (χ4v) is 5.84. The van der Waals surface area contributed by atoms with Crippen LogP contribution in [0.4, 0.5) is 15.3 Å². The number of benzene rings is 2. The number of likely N-dealkylation sites (tertiary alicyclic amines) is 2. The maximum absolute atomic E-state index is 14.0. The van der Waals surface area contributed by atoms with Crippen molar-refractivity contribution in [1.29, 1.82) is 0 Å². The molecule has 0 aromatic heterocycles. The van der Waals surface area contributed by atoms with Crippen LogP contribution in [0.2, 0.25) is 0 Å². The standard InChI is InChI=1S/C31H38N4O7/c1-4-41-26(37)22-11-8-14-24(19-22)34(28(32)39)20-25(36)42-27(38)31(23-12-6-5-7-13-23)16-10-18-35(31)29(40)33-17-9-15-30(2,3)21-33/h5-8,11-14,19H,4,9-10,15-18,20-21H2,1-3H3,(H2,32,39). The summed E-state index contributed by atoms with van der Waals surface area (Å²) in [6.07, 6.45) is 2.66. The van der Waals surface area contributed by atoms with Crippen LogP contribution in [0.1, 0.15) is 62.4 Å². The number of piperidine rings is 1. The molecule has 0 bridgehead atoms. The highest BCUT2D eigenvalue weighted by molar-refractivity contribution is 6.01. The maximum atomic E-state index is 14.0. The minimum atomic E-state index is -1.52. The lowest BCUT2D eigenvalue weighted by atomic mass is 9.84. The Morgan fingerprint density at radius 1 is 0.952 bits per heavy atom. The van der Waals surface area contributed by atoms with Gasteiger partial charge in [-0.15, -0.1) is 0 Å². The van der Waals surface area contributed by atoms with Crippen LogP contribution in [0.5, 0.6) is 0 Å². The van der Waals surface area contributed by atoms with E-state index in [9.17, 15) is 24.0 Å². The van der Waals surface area contributed by atoms with E-state index in [-0.39, 0.29) is 35.7 Å². The van der Waals surface area contributed by atoms with E-state index in [1.807, 2.05) is 0 Å². The Hall–Kier alpha value is -4.41. The van der Waals surface area contributed by atoms with E-state index in [0.717, 1.165) is 17.7 Å². The zero-order valence-corrected chi connectivity index (χ0v) is 24.3. The molecule has 2 saturated heterocycles. The SMILES string of the molecule is CCOC(=O)c1cccc(N(CC(=O)OC(=O)C2(c3ccccc3)CCCN2C(=O)N2CCCC(C)(C)C2)C(N)=O)c1. The van der Waals surface area contributed by atoms with Crippen molar-refractivity contribution in [3.63, 3.8) is 0 Å². The average Bonchev–Trinajstić information content (AvgIpc) is 3.42. The summed E-state index contributed by atoms with van der Waals surface area (Å²) in [5.41, 5.74) is 4.84. The van der Waals surface area contributed by atoms with Crippen molar-refractivity contribution in [2.75, 3.05) is 37.7 Å². The Kier molecular flexibility index (Phi) is 9.18. The predicted molar refractivity (Wildman–Crippen MR) is 154 cm³/mol. The lowest BCUT2D eigenvalue weighted by Crippen LogP contribution is -2.58. The van der Waals surface area contributed by atoms with Crippen LogP contribution in [-0.2, 0) is 24.6 Å². The van der Waals surface area contributed by atoms with Gasteiger partial charge in [-0.1, -0.05) is 50.2 Å². The van der Waals surface area contributed by atoms with Gasteiger partial charge in [0.05, 0.1) is 12.2 Å². The highest BCUT2D eigenvalue weighted by atomic mass is 16.6. The Balaban J connectivity index is 1.59. The summed E-state index contributed by atoms with van der Waals surface area (Å²) < 4.78 is 10.4. The molecule has 224 valence electrons. The van der Waals surface area contributed by atoms with Crippen molar-refractivity contribution in [1.82, 2.24) is 9.80 Å². The van der Waals surface area contributed by atoms with Gasteiger partial charge in [0.15, 0.2) is 5.54 Å². The zero-order chi connectivity index (χ0) is 30.5. The number of carbonyl (C=O) groups excluding carboxylic acids is 5. The van der Waals surface area contributed by atoms with Crippen LogP contribution in [0.3, 0.4) is 0 Å². The fraction of sp³-hybridized carbons (Fsp3) is 0.452.